The normalized spacial score (nSPS) is 20.2. The zero-order valence-electron chi connectivity index (χ0n) is 25.1. The molecule has 5 rings (SSSR count). The summed E-state index contributed by atoms with van der Waals surface area (Å²) in [6.45, 7) is 4.56. The Morgan fingerprint density at radius 3 is 2.40 bits per heavy atom. The Hall–Kier alpha value is -4.13. The minimum atomic E-state index is -3.34. The van der Waals surface area contributed by atoms with Crippen LogP contribution in [0.3, 0.4) is 0 Å². The summed E-state index contributed by atoms with van der Waals surface area (Å²) in [6.07, 6.45) is 3.32. The predicted molar refractivity (Wildman–Crippen MR) is 159 cm³/mol. The standard InChI is InChI=1S/C31H33ClF4N6O3/c1-28(2,30(4,35)36)17-31(19-13-20(33)15-21(34)14-19)25(43)42(26(37)39-31)24(16-45-27(44)40-29(3)8-9-29)18-6-7-22(32)23(12-18)41-11-5-10-38-41/h5-7,10-15,24H,8-9,16-17H2,1-4H3,(H2,37,39)(H,40,44)/t24-,31-/m1/s1. The highest BCUT2D eigenvalue weighted by atomic mass is 35.5. The van der Waals surface area contributed by atoms with Crippen molar-refractivity contribution in [2.45, 2.75) is 70.0 Å². The molecule has 2 amide bonds. The van der Waals surface area contributed by atoms with Crippen LogP contribution in [0.2, 0.25) is 5.02 Å². The van der Waals surface area contributed by atoms with Gasteiger partial charge in [0.1, 0.15) is 18.2 Å². The number of alkyl halides is 2. The fourth-order valence-corrected chi connectivity index (χ4v) is 5.49. The highest BCUT2D eigenvalue weighted by molar-refractivity contribution is 6.32. The lowest BCUT2D eigenvalue weighted by Crippen LogP contribution is -2.49. The van der Waals surface area contributed by atoms with Crippen molar-refractivity contribution in [3.63, 3.8) is 0 Å². The van der Waals surface area contributed by atoms with Gasteiger partial charge >= 0.3 is 6.09 Å². The van der Waals surface area contributed by atoms with E-state index >= 15 is 0 Å². The number of nitrogens with two attached hydrogens (primary N) is 1. The fraction of sp³-hybridized carbons (Fsp3) is 0.419. The summed E-state index contributed by atoms with van der Waals surface area (Å²) >= 11 is 6.46. The van der Waals surface area contributed by atoms with Crippen molar-refractivity contribution in [2.24, 2.45) is 16.1 Å². The molecule has 2 atom stereocenters. The van der Waals surface area contributed by atoms with Gasteiger partial charge in [-0.25, -0.2) is 32.0 Å². The number of hydrogen-bond acceptors (Lipinski definition) is 6. The second kappa shape index (κ2) is 11.3. The Labute approximate surface area is 262 Å². The molecule has 0 bridgehead atoms. The third-order valence-corrected chi connectivity index (χ3v) is 8.86. The molecule has 1 aliphatic heterocycles. The summed E-state index contributed by atoms with van der Waals surface area (Å²) in [5.74, 6) is -6.74. The van der Waals surface area contributed by atoms with E-state index in [1.165, 1.54) is 18.5 Å². The SMILES string of the molecule is CC1(NC(=O)OC[C@H](c2ccc(Cl)c(-n3cccn3)c2)N2C(=O)[C@@](CC(C)(C)C(C)(F)F)(c3cc(F)cc(F)c3)N=C2N)CC1. The third kappa shape index (κ3) is 6.35. The maximum atomic E-state index is 14.9. The van der Waals surface area contributed by atoms with Crippen LogP contribution in [0.5, 0.6) is 0 Å². The summed E-state index contributed by atoms with van der Waals surface area (Å²) in [5, 5.41) is 7.28. The maximum absolute atomic E-state index is 14.9. The van der Waals surface area contributed by atoms with Gasteiger partial charge in [0, 0.05) is 29.4 Å². The number of halogens is 5. The largest absolute Gasteiger partial charge is 0.447 e. The van der Waals surface area contributed by atoms with Crippen molar-refractivity contribution in [1.29, 1.82) is 0 Å². The lowest BCUT2D eigenvalue weighted by molar-refractivity contribution is -0.140. The lowest BCUT2D eigenvalue weighted by Gasteiger charge is -2.39. The Morgan fingerprint density at radius 2 is 1.82 bits per heavy atom. The van der Waals surface area contributed by atoms with E-state index in [2.05, 4.69) is 15.4 Å². The number of ether oxygens (including phenoxy) is 1. The van der Waals surface area contributed by atoms with Gasteiger partial charge in [-0.15, -0.1) is 0 Å². The number of nitrogens with one attached hydrogen (secondary N) is 1. The van der Waals surface area contributed by atoms with Crippen LogP contribution in [0.1, 0.15) is 64.1 Å². The molecule has 3 aromatic rings. The van der Waals surface area contributed by atoms with Crippen LogP contribution in [0.25, 0.3) is 5.69 Å². The van der Waals surface area contributed by atoms with Crippen LogP contribution in [0, 0.1) is 17.0 Å². The van der Waals surface area contributed by atoms with Crippen molar-refractivity contribution in [2.75, 3.05) is 6.61 Å². The van der Waals surface area contributed by atoms with Gasteiger partial charge in [0.15, 0.2) is 11.5 Å². The molecule has 3 N–H and O–H groups in total. The molecule has 1 aliphatic carbocycles. The maximum Gasteiger partial charge on any atom is 0.407 e. The van der Waals surface area contributed by atoms with Crippen LogP contribution < -0.4 is 11.1 Å². The van der Waals surface area contributed by atoms with Crippen LogP contribution in [-0.4, -0.2) is 50.7 Å². The van der Waals surface area contributed by atoms with Gasteiger partial charge in [-0.05, 0) is 74.6 Å². The number of carbonyl (C=O) groups is 2. The molecule has 2 aromatic carbocycles. The van der Waals surface area contributed by atoms with Crippen molar-refractivity contribution < 1.29 is 31.9 Å². The zero-order chi connectivity index (χ0) is 32.9. The van der Waals surface area contributed by atoms with E-state index in [-0.39, 0.29) is 5.56 Å². The molecule has 14 heteroatoms. The highest BCUT2D eigenvalue weighted by Gasteiger charge is 2.57. The number of alkyl carbamates (subject to hydrolysis) is 1. The topological polar surface area (TPSA) is 115 Å². The van der Waals surface area contributed by atoms with Gasteiger partial charge in [-0.3, -0.25) is 9.69 Å². The quantitative estimate of drug-likeness (QED) is 0.252. The fourth-order valence-electron chi connectivity index (χ4n) is 5.29. The van der Waals surface area contributed by atoms with Crippen LogP contribution >= 0.6 is 11.6 Å². The molecule has 9 nitrogen and oxygen atoms in total. The van der Waals surface area contributed by atoms with E-state index in [4.69, 9.17) is 22.1 Å². The van der Waals surface area contributed by atoms with E-state index in [9.17, 15) is 27.2 Å². The number of rotatable bonds is 10. The Balaban J connectivity index is 1.61. The Kier molecular flexibility index (Phi) is 8.13. The average molecular weight is 649 g/mol. The van der Waals surface area contributed by atoms with E-state index in [1.807, 2.05) is 6.92 Å². The first kappa shape index (κ1) is 32.3. The van der Waals surface area contributed by atoms with E-state index in [1.54, 1.807) is 36.7 Å². The monoisotopic (exact) mass is 648 g/mol. The van der Waals surface area contributed by atoms with E-state index < -0.39 is 71.1 Å². The molecule has 240 valence electrons. The third-order valence-electron chi connectivity index (χ3n) is 8.55. The van der Waals surface area contributed by atoms with Crippen LogP contribution in [0.4, 0.5) is 22.4 Å². The predicted octanol–water partition coefficient (Wildman–Crippen LogP) is 6.25. The van der Waals surface area contributed by atoms with Crippen molar-refractivity contribution in [1.82, 2.24) is 20.0 Å². The number of amides is 2. The molecule has 0 saturated heterocycles. The molecule has 0 radical (unpaired) electrons. The number of benzene rings is 2. The number of carbonyl (C=O) groups excluding carboxylic acids is 2. The molecular weight excluding hydrogens is 616 g/mol. The smallest absolute Gasteiger partial charge is 0.407 e. The summed E-state index contributed by atoms with van der Waals surface area (Å²) in [7, 11) is 0. The molecular formula is C31H33ClF4N6O3. The van der Waals surface area contributed by atoms with Crippen molar-refractivity contribution in [3.05, 3.63) is 82.6 Å². The summed E-state index contributed by atoms with van der Waals surface area (Å²) in [5.41, 5.74) is 2.35. The highest BCUT2D eigenvalue weighted by Crippen LogP contribution is 2.50. The molecule has 2 aliphatic rings. The number of guanidine groups is 1. The van der Waals surface area contributed by atoms with Crippen molar-refractivity contribution >= 4 is 29.6 Å². The minimum absolute atomic E-state index is 0.291. The molecule has 45 heavy (non-hydrogen) atoms. The first-order valence-electron chi connectivity index (χ1n) is 14.2. The molecule has 1 fully saturated rings. The molecule has 1 aromatic heterocycles. The second-order valence-electron chi connectivity index (χ2n) is 12.6. The molecule has 0 unspecified atom stereocenters. The molecule has 1 saturated carbocycles. The molecule has 2 heterocycles. The first-order chi connectivity index (χ1) is 20.9. The summed E-state index contributed by atoms with van der Waals surface area (Å²) in [4.78, 5) is 32.7. The zero-order valence-corrected chi connectivity index (χ0v) is 25.8. The van der Waals surface area contributed by atoms with E-state index in [0.717, 1.165) is 29.9 Å². The van der Waals surface area contributed by atoms with Gasteiger partial charge in [0.05, 0.1) is 16.8 Å². The number of aromatic nitrogens is 2. The van der Waals surface area contributed by atoms with E-state index in [0.29, 0.717) is 29.3 Å². The minimum Gasteiger partial charge on any atom is -0.447 e. The number of hydrogen-bond donors (Lipinski definition) is 2. The van der Waals surface area contributed by atoms with Gasteiger partial charge in [-0.2, -0.15) is 5.10 Å². The molecule has 0 spiro atoms. The van der Waals surface area contributed by atoms with Crippen molar-refractivity contribution in [3.8, 4) is 5.69 Å². The van der Waals surface area contributed by atoms with Crippen LogP contribution in [-0.2, 0) is 15.1 Å². The van der Waals surface area contributed by atoms with Gasteiger partial charge in [-0.1, -0.05) is 31.5 Å². The Morgan fingerprint density at radius 1 is 1.16 bits per heavy atom. The average Bonchev–Trinajstić information content (AvgIpc) is 3.31. The number of nitrogens with zero attached hydrogens (tertiary/aromatic N) is 4. The van der Waals surface area contributed by atoms with Gasteiger partial charge in [0.2, 0.25) is 0 Å². The Bertz CT molecular complexity index is 1630. The van der Waals surface area contributed by atoms with Gasteiger partial charge < -0.3 is 15.8 Å². The summed E-state index contributed by atoms with van der Waals surface area (Å²) < 4.78 is 65.9. The number of aliphatic imine (C=N–C) groups is 1. The lowest BCUT2D eigenvalue weighted by atomic mass is 9.71. The first-order valence-corrected chi connectivity index (χ1v) is 14.6. The van der Waals surface area contributed by atoms with Gasteiger partial charge in [0.25, 0.3) is 11.8 Å². The summed E-state index contributed by atoms with van der Waals surface area (Å²) in [6, 6.07) is 7.61. The van der Waals surface area contributed by atoms with Crippen LogP contribution in [0.15, 0.2) is 59.9 Å². The second-order valence-corrected chi connectivity index (χ2v) is 13.0.